The Morgan fingerprint density at radius 2 is 1.78 bits per heavy atom. The maximum absolute atomic E-state index is 11.8. The second kappa shape index (κ2) is 6.94. The van der Waals surface area contributed by atoms with Crippen LogP contribution in [-0.4, -0.2) is 75.0 Å². The number of rotatable bonds is 5. The van der Waals surface area contributed by atoms with Crippen molar-refractivity contribution in [3.63, 3.8) is 0 Å². The third kappa shape index (κ3) is 4.81. The molecule has 0 radical (unpaired) electrons. The molecule has 7 heteroatoms. The van der Waals surface area contributed by atoms with Crippen molar-refractivity contribution in [1.29, 1.82) is 0 Å². The second-order valence-corrected chi connectivity index (χ2v) is 6.86. The first kappa shape index (κ1) is 15.2. The van der Waals surface area contributed by atoms with Crippen molar-refractivity contribution in [1.82, 2.24) is 15.1 Å². The van der Waals surface area contributed by atoms with E-state index >= 15 is 0 Å². The fourth-order valence-corrected chi connectivity index (χ4v) is 2.54. The summed E-state index contributed by atoms with van der Waals surface area (Å²) in [5.74, 6) is 0.141. The van der Waals surface area contributed by atoms with Crippen molar-refractivity contribution in [3.05, 3.63) is 0 Å². The molecule has 0 aromatic heterocycles. The lowest BCUT2D eigenvalue weighted by molar-refractivity contribution is 0.143. The molecule has 0 saturated carbocycles. The highest BCUT2D eigenvalue weighted by Gasteiger charge is 2.20. The van der Waals surface area contributed by atoms with Gasteiger partial charge in [0, 0.05) is 38.5 Å². The van der Waals surface area contributed by atoms with Gasteiger partial charge in [-0.05, 0) is 6.54 Å². The number of nitrogens with zero attached hydrogens (tertiary/aromatic N) is 2. The first-order valence-corrected chi connectivity index (χ1v) is 8.26. The molecule has 1 heterocycles. The van der Waals surface area contributed by atoms with Crippen LogP contribution in [0.2, 0.25) is 0 Å². The maximum atomic E-state index is 11.8. The predicted octanol–water partition coefficient (Wildman–Crippen LogP) is -0.232. The first-order chi connectivity index (χ1) is 8.48. The molecule has 0 atom stereocenters. The zero-order chi connectivity index (χ0) is 13.6. The lowest BCUT2D eigenvalue weighted by Gasteiger charge is -2.33. The Hall–Kier alpha value is -0.820. The van der Waals surface area contributed by atoms with E-state index in [1.165, 1.54) is 0 Å². The summed E-state index contributed by atoms with van der Waals surface area (Å²) in [5, 5.41) is 2.66. The van der Waals surface area contributed by atoms with Crippen LogP contribution in [0.1, 0.15) is 13.8 Å². The van der Waals surface area contributed by atoms with E-state index < -0.39 is 9.84 Å². The second-order valence-electron chi connectivity index (χ2n) is 4.39. The van der Waals surface area contributed by atoms with Crippen molar-refractivity contribution in [2.45, 2.75) is 13.8 Å². The molecule has 1 saturated heterocycles. The quantitative estimate of drug-likeness (QED) is 0.753. The Morgan fingerprint density at radius 3 is 2.28 bits per heavy atom. The van der Waals surface area contributed by atoms with E-state index in [2.05, 4.69) is 17.1 Å². The van der Waals surface area contributed by atoms with Crippen molar-refractivity contribution < 1.29 is 13.2 Å². The molecule has 0 bridgehead atoms. The van der Waals surface area contributed by atoms with Gasteiger partial charge in [0.15, 0.2) is 9.84 Å². The standard InChI is InChI=1S/C11H23N3O3S/c1-3-13-6-8-14(9-7-13)11(15)12-5-10-18(16,17)4-2/h3-10H2,1-2H3,(H,12,15). The Labute approximate surface area is 109 Å². The van der Waals surface area contributed by atoms with Crippen LogP contribution in [0.4, 0.5) is 4.79 Å². The minimum Gasteiger partial charge on any atom is -0.337 e. The van der Waals surface area contributed by atoms with E-state index in [-0.39, 0.29) is 24.1 Å². The van der Waals surface area contributed by atoms with Crippen LogP contribution in [0.25, 0.3) is 0 Å². The largest absolute Gasteiger partial charge is 0.337 e. The first-order valence-electron chi connectivity index (χ1n) is 6.44. The van der Waals surface area contributed by atoms with E-state index in [0.717, 1.165) is 19.6 Å². The molecule has 6 nitrogen and oxygen atoms in total. The van der Waals surface area contributed by atoms with Crippen molar-refractivity contribution in [2.75, 3.05) is 50.8 Å². The summed E-state index contributed by atoms with van der Waals surface area (Å²) in [6, 6.07) is -0.156. The average Bonchev–Trinajstić information content (AvgIpc) is 2.38. The van der Waals surface area contributed by atoms with Crippen LogP contribution >= 0.6 is 0 Å². The van der Waals surface area contributed by atoms with Crippen LogP contribution < -0.4 is 5.32 Å². The highest BCUT2D eigenvalue weighted by Crippen LogP contribution is 2.01. The summed E-state index contributed by atoms with van der Waals surface area (Å²) < 4.78 is 22.5. The molecule has 0 aromatic carbocycles. The number of carbonyl (C=O) groups excluding carboxylic acids is 1. The summed E-state index contributed by atoms with van der Waals surface area (Å²) in [4.78, 5) is 15.8. The smallest absolute Gasteiger partial charge is 0.317 e. The van der Waals surface area contributed by atoms with Gasteiger partial charge in [-0.2, -0.15) is 0 Å². The Morgan fingerprint density at radius 1 is 1.17 bits per heavy atom. The summed E-state index contributed by atoms with van der Waals surface area (Å²) in [6.07, 6.45) is 0. The lowest BCUT2D eigenvalue weighted by atomic mass is 10.3. The topological polar surface area (TPSA) is 69.7 Å². The SMILES string of the molecule is CCN1CCN(C(=O)NCCS(=O)(=O)CC)CC1. The van der Waals surface area contributed by atoms with Crippen LogP contribution in [0.5, 0.6) is 0 Å². The van der Waals surface area contributed by atoms with Gasteiger partial charge in [0.05, 0.1) is 5.75 Å². The normalized spacial score (nSPS) is 17.8. The fraction of sp³-hybridized carbons (Fsp3) is 0.909. The Kier molecular flexibility index (Phi) is 5.87. The molecular formula is C11H23N3O3S. The van der Waals surface area contributed by atoms with E-state index in [1.807, 2.05) is 0 Å². The van der Waals surface area contributed by atoms with Crippen molar-refractivity contribution in [2.24, 2.45) is 0 Å². The van der Waals surface area contributed by atoms with Crippen molar-refractivity contribution >= 4 is 15.9 Å². The number of piperazine rings is 1. The molecular weight excluding hydrogens is 254 g/mol. The minimum absolute atomic E-state index is 0.0180. The molecule has 0 unspecified atom stereocenters. The van der Waals surface area contributed by atoms with Gasteiger partial charge < -0.3 is 15.1 Å². The number of hydrogen-bond acceptors (Lipinski definition) is 4. The number of amides is 2. The molecule has 1 N–H and O–H groups in total. The van der Waals surface area contributed by atoms with E-state index in [0.29, 0.717) is 13.1 Å². The summed E-state index contributed by atoms with van der Waals surface area (Å²) >= 11 is 0. The van der Waals surface area contributed by atoms with Gasteiger partial charge in [0.1, 0.15) is 0 Å². The zero-order valence-corrected chi connectivity index (χ0v) is 12.0. The zero-order valence-electron chi connectivity index (χ0n) is 11.2. The molecule has 0 aromatic rings. The number of sulfone groups is 1. The molecule has 1 rings (SSSR count). The predicted molar refractivity (Wildman–Crippen MR) is 71.4 cm³/mol. The van der Waals surface area contributed by atoms with Gasteiger partial charge in [-0.3, -0.25) is 0 Å². The monoisotopic (exact) mass is 277 g/mol. The molecule has 18 heavy (non-hydrogen) atoms. The van der Waals surface area contributed by atoms with Crippen molar-refractivity contribution in [3.8, 4) is 0 Å². The van der Waals surface area contributed by atoms with Crippen LogP contribution in [0, 0.1) is 0 Å². The van der Waals surface area contributed by atoms with Crippen LogP contribution in [0.15, 0.2) is 0 Å². The number of nitrogens with one attached hydrogen (secondary N) is 1. The highest BCUT2D eigenvalue weighted by molar-refractivity contribution is 7.91. The Bertz CT molecular complexity index is 362. The number of likely N-dealkylation sites (N-methyl/N-ethyl adjacent to an activating group) is 1. The summed E-state index contributed by atoms with van der Waals surface area (Å²) in [5.41, 5.74) is 0. The molecule has 0 spiro atoms. The van der Waals surface area contributed by atoms with Crippen LogP contribution in [-0.2, 0) is 9.84 Å². The molecule has 1 fully saturated rings. The van der Waals surface area contributed by atoms with Gasteiger partial charge in [0.25, 0.3) is 0 Å². The van der Waals surface area contributed by atoms with Gasteiger partial charge in [-0.15, -0.1) is 0 Å². The van der Waals surface area contributed by atoms with Gasteiger partial charge in [0.2, 0.25) is 0 Å². The molecule has 1 aliphatic heterocycles. The highest BCUT2D eigenvalue weighted by atomic mass is 32.2. The average molecular weight is 277 g/mol. The van der Waals surface area contributed by atoms with Crippen LogP contribution in [0.3, 0.4) is 0 Å². The maximum Gasteiger partial charge on any atom is 0.317 e. The lowest BCUT2D eigenvalue weighted by Crippen LogP contribution is -2.52. The third-order valence-electron chi connectivity index (χ3n) is 3.24. The Balaban J connectivity index is 2.26. The molecule has 1 aliphatic rings. The third-order valence-corrected chi connectivity index (χ3v) is 4.94. The molecule has 0 aliphatic carbocycles. The number of hydrogen-bond donors (Lipinski definition) is 1. The van der Waals surface area contributed by atoms with E-state index in [4.69, 9.17) is 0 Å². The number of carbonyl (C=O) groups is 1. The number of urea groups is 1. The summed E-state index contributed by atoms with van der Waals surface area (Å²) in [7, 11) is -3.00. The van der Waals surface area contributed by atoms with Gasteiger partial charge >= 0.3 is 6.03 Å². The minimum atomic E-state index is -3.00. The van der Waals surface area contributed by atoms with E-state index in [1.54, 1.807) is 11.8 Å². The summed E-state index contributed by atoms with van der Waals surface area (Å²) in [6.45, 7) is 8.11. The van der Waals surface area contributed by atoms with Gasteiger partial charge in [-0.25, -0.2) is 13.2 Å². The molecule has 2 amide bonds. The van der Waals surface area contributed by atoms with Gasteiger partial charge in [-0.1, -0.05) is 13.8 Å². The molecule has 106 valence electrons. The fourth-order valence-electron chi connectivity index (χ4n) is 1.84. The van der Waals surface area contributed by atoms with E-state index in [9.17, 15) is 13.2 Å².